The second-order valence-electron chi connectivity index (χ2n) is 6.56. The number of nitrogens with zero attached hydrogens (tertiary/aromatic N) is 2. The maximum Gasteiger partial charge on any atom is 0.254 e. The van der Waals surface area contributed by atoms with Crippen LogP contribution in [-0.2, 0) is 11.2 Å². The van der Waals surface area contributed by atoms with Gasteiger partial charge in [-0.1, -0.05) is 30.3 Å². The van der Waals surface area contributed by atoms with Crippen LogP contribution in [0.25, 0.3) is 11.4 Å². The maximum atomic E-state index is 13.4. The molecule has 0 aliphatic carbocycles. The predicted molar refractivity (Wildman–Crippen MR) is 99.8 cm³/mol. The number of benzene rings is 2. The van der Waals surface area contributed by atoms with Crippen molar-refractivity contribution in [2.24, 2.45) is 0 Å². The standard InChI is InChI=1S/C21H20FN3O2/c22-16-5-3-4-15(12-16)13-17-14-25(10-11-27-17)21(26)19-7-2-1-6-18(19)20-23-8-9-24-20/h1-9,12,17H,10-11,13-14H2,(H,23,24). The number of carbonyl (C=O) groups excluding carboxylic acids is 1. The molecule has 1 amide bonds. The molecule has 6 heteroatoms. The Morgan fingerprint density at radius 2 is 2.15 bits per heavy atom. The molecule has 5 nitrogen and oxygen atoms in total. The van der Waals surface area contributed by atoms with Gasteiger partial charge in [0, 0.05) is 37.5 Å². The summed E-state index contributed by atoms with van der Waals surface area (Å²) in [6, 6.07) is 13.9. The van der Waals surface area contributed by atoms with Crippen molar-refractivity contribution in [1.82, 2.24) is 14.9 Å². The first-order valence-corrected chi connectivity index (χ1v) is 8.95. The van der Waals surface area contributed by atoms with E-state index in [1.165, 1.54) is 12.1 Å². The van der Waals surface area contributed by atoms with Crippen LogP contribution in [0, 0.1) is 5.82 Å². The minimum absolute atomic E-state index is 0.0467. The fourth-order valence-electron chi connectivity index (χ4n) is 3.41. The van der Waals surface area contributed by atoms with Gasteiger partial charge in [-0.15, -0.1) is 0 Å². The summed E-state index contributed by atoms with van der Waals surface area (Å²) >= 11 is 0. The summed E-state index contributed by atoms with van der Waals surface area (Å²) in [5, 5.41) is 0. The van der Waals surface area contributed by atoms with Gasteiger partial charge in [-0.2, -0.15) is 0 Å². The van der Waals surface area contributed by atoms with Crippen LogP contribution in [0.3, 0.4) is 0 Å². The molecule has 1 atom stereocenters. The van der Waals surface area contributed by atoms with Gasteiger partial charge < -0.3 is 14.6 Å². The molecule has 1 aromatic heterocycles. The molecular weight excluding hydrogens is 345 g/mol. The number of hydrogen-bond donors (Lipinski definition) is 1. The first-order valence-electron chi connectivity index (χ1n) is 8.95. The predicted octanol–water partition coefficient (Wildman–Crippen LogP) is 3.30. The van der Waals surface area contributed by atoms with E-state index in [0.29, 0.717) is 37.5 Å². The number of aromatic nitrogens is 2. The first-order chi connectivity index (χ1) is 13.2. The Balaban J connectivity index is 1.51. The monoisotopic (exact) mass is 365 g/mol. The van der Waals surface area contributed by atoms with Gasteiger partial charge >= 0.3 is 0 Å². The molecule has 4 rings (SSSR count). The minimum Gasteiger partial charge on any atom is -0.374 e. The van der Waals surface area contributed by atoms with E-state index in [1.807, 2.05) is 30.3 Å². The number of aromatic amines is 1. The molecule has 1 unspecified atom stereocenters. The summed E-state index contributed by atoms with van der Waals surface area (Å²) in [6.07, 6.45) is 3.82. The Hall–Kier alpha value is -2.99. The number of carbonyl (C=O) groups is 1. The molecule has 1 saturated heterocycles. The molecule has 27 heavy (non-hydrogen) atoms. The number of rotatable bonds is 4. The lowest BCUT2D eigenvalue weighted by molar-refractivity contribution is -0.0208. The third kappa shape index (κ3) is 3.90. The number of ether oxygens (including phenoxy) is 1. The number of H-pyrrole nitrogens is 1. The van der Waals surface area contributed by atoms with Crippen LogP contribution in [0.4, 0.5) is 4.39 Å². The average Bonchev–Trinajstić information content (AvgIpc) is 3.22. The van der Waals surface area contributed by atoms with Crippen molar-refractivity contribution in [2.45, 2.75) is 12.5 Å². The van der Waals surface area contributed by atoms with Crippen LogP contribution in [0.2, 0.25) is 0 Å². The lowest BCUT2D eigenvalue weighted by atomic mass is 10.0. The smallest absolute Gasteiger partial charge is 0.254 e. The summed E-state index contributed by atoms with van der Waals surface area (Å²) < 4.78 is 19.2. The number of imidazole rings is 1. The fraction of sp³-hybridized carbons (Fsp3) is 0.238. The van der Waals surface area contributed by atoms with Crippen molar-refractivity contribution in [1.29, 1.82) is 0 Å². The van der Waals surface area contributed by atoms with Gasteiger partial charge in [0.15, 0.2) is 0 Å². The summed E-state index contributed by atoms with van der Waals surface area (Å²) in [4.78, 5) is 22.3. The van der Waals surface area contributed by atoms with Gasteiger partial charge in [0.1, 0.15) is 11.6 Å². The molecule has 1 aliphatic heterocycles. The quantitative estimate of drug-likeness (QED) is 0.772. The highest BCUT2D eigenvalue weighted by molar-refractivity contribution is 6.00. The summed E-state index contributed by atoms with van der Waals surface area (Å²) in [7, 11) is 0. The second kappa shape index (κ2) is 7.72. The molecule has 138 valence electrons. The van der Waals surface area contributed by atoms with Gasteiger partial charge in [0.25, 0.3) is 5.91 Å². The summed E-state index contributed by atoms with van der Waals surface area (Å²) in [5.74, 6) is 0.363. The number of nitrogens with one attached hydrogen (secondary N) is 1. The highest BCUT2D eigenvalue weighted by Gasteiger charge is 2.27. The van der Waals surface area contributed by atoms with Crippen molar-refractivity contribution >= 4 is 5.91 Å². The van der Waals surface area contributed by atoms with Gasteiger partial charge in [-0.25, -0.2) is 9.37 Å². The first kappa shape index (κ1) is 17.4. The van der Waals surface area contributed by atoms with E-state index in [4.69, 9.17) is 4.74 Å². The highest BCUT2D eigenvalue weighted by Crippen LogP contribution is 2.23. The zero-order valence-corrected chi connectivity index (χ0v) is 14.8. The van der Waals surface area contributed by atoms with Crippen molar-refractivity contribution in [3.8, 4) is 11.4 Å². The number of hydrogen-bond acceptors (Lipinski definition) is 3. The van der Waals surface area contributed by atoms with Crippen LogP contribution in [0.5, 0.6) is 0 Å². The van der Waals surface area contributed by atoms with Gasteiger partial charge in [-0.05, 0) is 23.8 Å². The Labute approximate surface area is 156 Å². The van der Waals surface area contributed by atoms with Gasteiger partial charge in [-0.3, -0.25) is 4.79 Å². The lowest BCUT2D eigenvalue weighted by Crippen LogP contribution is -2.46. The zero-order valence-electron chi connectivity index (χ0n) is 14.8. The van der Waals surface area contributed by atoms with Crippen LogP contribution >= 0.6 is 0 Å². The van der Waals surface area contributed by atoms with E-state index in [1.54, 1.807) is 23.4 Å². The molecule has 1 fully saturated rings. The lowest BCUT2D eigenvalue weighted by Gasteiger charge is -2.33. The second-order valence-corrected chi connectivity index (χ2v) is 6.56. The van der Waals surface area contributed by atoms with E-state index in [-0.39, 0.29) is 17.8 Å². The SMILES string of the molecule is O=C(c1ccccc1-c1ncc[nH]1)N1CCOC(Cc2cccc(F)c2)C1. The molecule has 0 radical (unpaired) electrons. The number of amides is 1. The summed E-state index contributed by atoms with van der Waals surface area (Å²) in [6.45, 7) is 1.47. The third-order valence-electron chi connectivity index (χ3n) is 4.69. The van der Waals surface area contributed by atoms with Crippen molar-refractivity contribution in [2.75, 3.05) is 19.7 Å². The van der Waals surface area contributed by atoms with E-state index in [9.17, 15) is 9.18 Å². The summed E-state index contributed by atoms with van der Waals surface area (Å²) in [5.41, 5.74) is 2.25. The third-order valence-corrected chi connectivity index (χ3v) is 4.69. The highest BCUT2D eigenvalue weighted by atomic mass is 19.1. The van der Waals surface area contributed by atoms with Crippen LogP contribution in [0.15, 0.2) is 60.9 Å². The van der Waals surface area contributed by atoms with Gasteiger partial charge in [0.05, 0.1) is 18.3 Å². The average molecular weight is 365 g/mol. The molecule has 0 bridgehead atoms. The molecule has 2 aromatic carbocycles. The van der Waals surface area contributed by atoms with E-state index >= 15 is 0 Å². The number of halogens is 1. The van der Waals surface area contributed by atoms with Crippen LogP contribution in [-0.4, -0.2) is 46.6 Å². The maximum absolute atomic E-state index is 13.4. The largest absolute Gasteiger partial charge is 0.374 e. The zero-order chi connectivity index (χ0) is 18.6. The molecule has 1 aliphatic rings. The Morgan fingerprint density at radius 1 is 1.26 bits per heavy atom. The van der Waals surface area contributed by atoms with Crippen LogP contribution in [0.1, 0.15) is 15.9 Å². The van der Waals surface area contributed by atoms with E-state index in [0.717, 1.165) is 11.1 Å². The van der Waals surface area contributed by atoms with E-state index < -0.39 is 0 Å². The molecule has 0 saturated carbocycles. The topological polar surface area (TPSA) is 58.2 Å². The van der Waals surface area contributed by atoms with Crippen molar-refractivity contribution < 1.29 is 13.9 Å². The normalized spacial score (nSPS) is 17.1. The van der Waals surface area contributed by atoms with Gasteiger partial charge in [0.2, 0.25) is 0 Å². The Morgan fingerprint density at radius 3 is 2.96 bits per heavy atom. The van der Waals surface area contributed by atoms with Crippen molar-refractivity contribution in [3.63, 3.8) is 0 Å². The molecule has 3 aromatic rings. The molecule has 1 N–H and O–H groups in total. The molecule has 0 spiro atoms. The molecular formula is C21H20FN3O2. The Kier molecular flexibility index (Phi) is 4.98. The minimum atomic E-state index is -0.261. The van der Waals surface area contributed by atoms with Crippen LogP contribution < -0.4 is 0 Å². The van der Waals surface area contributed by atoms with E-state index in [2.05, 4.69) is 9.97 Å². The molecule has 2 heterocycles. The fourth-order valence-corrected chi connectivity index (χ4v) is 3.41. The van der Waals surface area contributed by atoms with Crippen molar-refractivity contribution in [3.05, 3.63) is 77.9 Å². The number of morpholine rings is 1. The Bertz CT molecular complexity index is 927.